The normalized spacial score (nSPS) is 14.1. The molecule has 0 N–H and O–H groups in total. The number of carbonyl (C=O) groups is 2. The highest BCUT2D eigenvalue weighted by molar-refractivity contribution is 5.96. The Morgan fingerprint density at radius 3 is 1.74 bits per heavy atom. The van der Waals surface area contributed by atoms with Gasteiger partial charge in [-0.2, -0.15) is 0 Å². The van der Waals surface area contributed by atoms with Crippen LogP contribution < -0.4 is 0 Å². The van der Waals surface area contributed by atoms with Gasteiger partial charge in [0.1, 0.15) is 5.82 Å². The summed E-state index contributed by atoms with van der Waals surface area (Å²) < 4.78 is 13.0. The molecule has 1 saturated heterocycles. The summed E-state index contributed by atoms with van der Waals surface area (Å²) in [5.74, 6) is -0.509. The van der Waals surface area contributed by atoms with Gasteiger partial charge in [-0.15, -0.1) is 6.58 Å². The van der Waals surface area contributed by atoms with Crippen molar-refractivity contribution in [1.82, 2.24) is 9.80 Å². The molecule has 1 aliphatic heterocycles. The molecular weight excluding hydrogens is 343 g/mol. The number of halogens is 1. The first-order valence-corrected chi connectivity index (χ1v) is 9.12. The fraction of sp³-hybridized carbons (Fsp3) is 0.273. The zero-order chi connectivity index (χ0) is 19.2. The second kappa shape index (κ2) is 8.62. The lowest BCUT2D eigenvalue weighted by molar-refractivity contribution is 0.0535. The Morgan fingerprint density at radius 2 is 1.30 bits per heavy atom. The quantitative estimate of drug-likeness (QED) is 0.760. The minimum Gasteiger partial charge on any atom is -0.335 e. The van der Waals surface area contributed by atoms with E-state index in [1.807, 2.05) is 30.3 Å². The molecule has 1 fully saturated rings. The van der Waals surface area contributed by atoms with E-state index in [2.05, 4.69) is 6.58 Å². The van der Waals surface area contributed by atoms with Crippen LogP contribution in [0.25, 0.3) is 0 Å². The van der Waals surface area contributed by atoms with Gasteiger partial charge in [-0.05, 0) is 54.8 Å². The van der Waals surface area contributed by atoms with Crippen molar-refractivity contribution < 1.29 is 14.0 Å². The Balaban J connectivity index is 1.56. The summed E-state index contributed by atoms with van der Waals surface area (Å²) in [7, 11) is 0. The maximum Gasteiger partial charge on any atom is 0.253 e. The zero-order valence-corrected chi connectivity index (χ0v) is 15.2. The van der Waals surface area contributed by atoms with E-state index in [1.54, 1.807) is 9.80 Å². The van der Waals surface area contributed by atoms with Crippen LogP contribution in [0.5, 0.6) is 0 Å². The van der Waals surface area contributed by atoms with Crippen LogP contribution in [-0.4, -0.2) is 47.8 Å². The number of carbonyl (C=O) groups excluding carboxylic acids is 2. The molecule has 0 radical (unpaired) electrons. The monoisotopic (exact) mass is 366 g/mol. The first-order valence-electron chi connectivity index (χ1n) is 9.12. The van der Waals surface area contributed by atoms with E-state index in [-0.39, 0.29) is 17.6 Å². The van der Waals surface area contributed by atoms with Gasteiger partial charge in [0.05, 0.1) is 0 Å². The van der Waals surface area contributed by atoms with Crippen LogP contribution in [0.2, 0.25) is 0 Å². The van der Waals surface area contributed by atoms with Gasteiger partial charge in [-0.1, -0.05) is 18.2 Å². The van der Waals surface area contributed by atoms with Crippen LogP contribution in [0.1, 0.15) is 32.7 Å². The van der Waals surface area contributed by atoms with Gasteiger partial charge in [-0.25, -0.2) is 4.39 Å². The molecule has 0 saturated carbocycles. The maximum absolute atomic E-state index is 13.0. The fourth-order valence-electron chi connectivity index (χ4n) is 3.15. The largest absolute Gasteiger partial charge is 0.335 e. The van der Waals surface area contributed by atoms with Gasteiger partial charge >= 0.3 is 0 Å². The predicted molar refractivity (Wildman–Crippen MR) is 103 cm³/mol. The highest BCUT2D eigenvalue weighted by atomic mass is 19.1. The Morgan fingerprint density at radius 1 is 0.852 bits per heavy atom. The smallest absolute Gasteiger partial charge is 0.253 e. The van der Waals surface area contributed by atoms with Crippen molar-refractivity contribution in [3.8, 4) is 0 Å². The molecule has 2 amide bonds. The summed E-state index contributed by atoms with van der Waals surface area (Å²) in [5, 5.41) is 0. The fourth-order valence-corrected chi connectivity index (χ4v) is 3.15. The van der Waals surface area contributed by atoms with Crippen molar-refractivity contribution in [2.45, 2.75) is 12.8 Å². The molecule has 2 aromatic rings. The Hall–Kier alpha value is -2.95. The van der Waals surface area contributed by atoms with Crippen LogP contribution in [-0.2, 0) is 6.42 Å². The van der Waals surface area contributed by atoms with Gasteiger partial charge in [0.15, 0.2) is 0 Å². The molecule has 0 aromatic heterocycles. The van der Waals surface area contributed by atoms with Crippen LogP contribution in [0.3, 0.4) is 0 Å². The molecule has 0 spiro atoms. The lowest BCUT2D eigenvalue weighted by Crippen LogP contribution is -2.50. The number of nitrogens with zero attached hydrogens (tertiary/aromatic N) is 2. The molecule has 2 aromatic carbocycles. The summed E-state index contributed by atoms with van der Waals surface area (Å²) in [6, 6.07) is 13.2. The van der Waals surface area contributed by atoms with E-state index in [0.29, 0.717) is 37.3 Å². The molecule has 27 heavy (non-hydrogen) atoms. The minimum atomic E-state index is -0.363. The van der Waals surface area contributed by atoms with Crippen molar-refractivity contribution in [2.24, 2.45) is 0 Å². The number of amides is 2. The average Bonchev–Trinajstić information content (AvgIpc) is 2.72. The van der Waals surface area contributed by atoms with E-state index in [0.717, 1.165) is 12.8 Å². The summed E-state index contributed by atoms with van der Waals surface area (Å²) in [5.41, 5.74) is 2.31. The molecule has 140 valence electrons. The Labute approximate surface area is 158 Å². The van der Waals surface area contributed by atoms with Gasteiger partial charge < -0.3 is 9.80 Å². The Bertz CT molecular complexity index is 807. The third-order valence-electron chi connectivity index (χ3n) is 4.78. The van der Waals surface area contributed by atoms with Crippen molar-refractivity contribution in [3.05, 3.63) is 83.7 Å². The van der Waals surface area contributed by atoms with E-state index in [4.69, 9.17) is 0 Å². The first kappa shape index (κ1) is 18.8. The number of rotatable bonds is 5. The lowest BCUT2D eigenvalue weighted by atomic mass is 10.1. The van der Waals surface area contributed by atoms with E-state index < -0.39 is 0 Å². The third-order valence-corrected chi connectivity index (χ3v) is 4.78. The average molecular weight is 366 g/mol. The van der Waals surface area contributed by atoms with E-state index in [9.17, 15) is 14.0 Å². The van der Waals surface area contributed by atoms with Gasteiger partial charge in [0.2, 0.25) is 0 Å². The Kier molecular flexibility index (Phi) is 6.01. The first-order chi connectivity index (χ1) is 13.1. The van der Waals surface area contributed by atoms with Crippen LogP contribution in [0.4, 0.5) is 4.39 Å². The molecule has 1 heterocycles. The maximum atomic E-state index is 13.0. The van der Waals surface area contributed by atoms with Crippen LogP contribution in [0.15, 0.2) is 61.2 Å². The second-order valence-corrected chi connectivity index (χ2v) is 6.62. The molecule has 4 nitrogen and oxygen atoms in total. The predicted octanol–water partition coefficient (Wildman–Crippen LogP) is 3.54. The summed E-state index contributed by atoms with van der Waals surface area (Å²) >= 11 is 0. The molecule has 1 aliphatic rings. The summed E-state index contributed by atoms with van der Waals surface area (Å²) in [6.45, 7) is 5.64. The minimum absolute atomic E-state index is 0.0147. The molecule has 0 aliphatic carbocycles. The highest BCUT2D eigenvalue weighted by Gasteiger charge is 2.25. The number of hydrogen-bond acceptors (Lipinski definition) is 2. The third kappa shape index (κ3) is 4.61. The van der Waals surface area contributed by atoms with Crippen molar-refractivity contribution in [1.29, 1.82) is 0 Å². The van der Waals surface area contributed by atoms with Gasteiger partial charge in [-0.3, -0.25) is 9.59 Å². The number of aryl methyl sites for hydroxylation is 1. The zero-order valence-electron chi connectivity index (χ0n) is 15.2. The van der Waals surface area contributed by atoms with Crippen molar-refractivity contribution in [2.75, 3.05) is 26.2 Å². The van der Waals surface area contributed by atoms with Crippen LogP contribution >= 0.6 is 0 Å². The van der Waals surface area contributed by atoms with Crippen molar-refractivity contribution in [3.63, 3.8) is 0 Å². The number of benzene rings is 2. The highest BCUT2D eigenvalue weighted by Crippen LogP contribution is 2.14. The summed E-state index contributed by atoms with van der Waals surface area (Å²) in [6.07, 6.45) is 3.71. The molecule has 0 atom stereocenters. The standard InChI is InChI=1S/C22H23FN2O2/c1-2-3-4-17-5-7-18(8-6-17)21(26)24-13-15-25(16-14-24)22(27)19-9-11-20(23)12-10-19/h2,5-12H,1,3-4,13-16H2. The number of hydrogen-bond donors (Lipinski definition) is 0. The molecule has 0 unspecified atom stereocenters. The lowest BCUT2D eigenvalue weighted by Gasteiger charge is -2.35. The van der Waals surface area contributed by atoms with Gasteiger partial charge in [0.25, 0.3) is 11.8 Å². The molecule has 3 rings (SSSR count). The molecular formula is C22H23FN2O2. The van der Waals surface area contributed by atoms with Gasteiger partial charge in [0, 0.05) is 37.3 Å². The van der Waals surface area contributed by atoms with Crippen molar-refractivity contribution >= 4 is 11.8 Å². The second-order valence-electron chi connectivity index (χ2n) is 6.62. The number of piperazine rings is 1. The summed E-state index contributed by atoms with van der Waals surface area (Å²) in [4.78, 5) is 28.6. The molecule has 0 bridgehead atoms. The number of allylic oxidation sites excluding steroid dienone is 1. The SMILES string of the molecule is C=CCCc1ccc(C(=O)N2CCN(C(=O)c3ccc(F)cc3)CC2)cc1. The van der Waals surface area contributed by atoms with E-state index >= 15 is 0 Å². The van der Waals surface area contributed by atoms with Crippen LogP contribution in [0, 0.1) is 5.82 Å². The molecule has 5 heteroatoms. The topological polar surface area (TPSA) is 40.6 Å². The van der Waals surface area contributed by atoms with E-state index in [1.165, 1.54) is 29.8 Å².